The number of oxazole rings is 1. The Kier molecular flexibility index (Phi) is 4.63. The predicted octanol–water partition coefficient (Wildman–Crippen LogP) is 2.85. The van der Waals surface area contributed by atoms with Crippen LogP contribution in [-0.2, 0) is 10.0 Å². The summed E-state index contributed by atoms with van der Waals surface area (Å²) < 4.78 is 37.7. The summed E-state index contributed by atoms with van der Waals surface area (Å²) in [5.41, 5.74) is 0.691. The highest BCUT2D eigenvalue weighted by Crippen LogP contribution is 2.28. The number of hydrogen-bond donors (Lipinski definition) is 2. The van der Waals surface area contributed by atoms with Gasteiger partial charge in [-0.05, 0) is 30.3 Å². The Morgan fingerprint density at radius 1 is 1.19 bits per heavy atom. The van der Waals surface area contributed by atoms with Gasteiger partial charge >= 0.3 is 5.97 Å². The van der Waals surface area contributed by atoms with Crippen LogP contribution >= 0.6 is 0 Å². The van der Waals surface area contributed by atoms with E-state index in [1.54, 1.807) is 24.3 Å². The van der Waals surface area contributed by atoms with Crippen molar-refractivity contribution in [2.45, 2.75) is 5.03 Å². The monoisotopic (exact) mass is 374 g/mol. The molecule has 0 aliphatic heterocycles. The molecule has 0 unspecified atom stereocenters. The molecule has 0 radical (unpaired) electrons. The van der Waals surface area contributed by atoms with Gasteiger partial charge in [-0.2, -0.15) is 13.4 Å². The number of carboxylic acid groups (broad SMARTS) is 1. The van der Waals surface area contributed by atoms with Crippen molar-refractivity contribution in [3.8, 4) is 17.2 Å². The molecule has 1 aromatic heterocycles. The van der Waals surface area contributed by atoms with E-state index in [0.717, 1.165) is 6.26 Å². The molecule has 0 saturated heterocycles. The lowest BCUT2D eigenvalue weighted by Gasteiger charge is -2.11. The number of hydrogen-bond acceptors (Lipinski definition) is 6. The van der Waals surface area contributed by atoms with Gasteiger partial charge in [0.2, 0.25) is 10.9 Å². The molecule has 0 fully saturated rings. The summed E-state index contributed by atoms with van der Waals surface area (Å²) in [5, 5.41) is 8.70. The van der Waals surface area contributed by atoms with E-state index in [1.807, 2.05) is 6.07 Å². The highest BCUT2D eigenvalue weighted by molar-refractivity contribution is 7.92. The fourth-order valence-electron chi connectivity index (χ4n) is 2.20. The topological polar surface area (TPSA) is 119 Å². The average molecular weight is 374 g/mol. The van der Waals surface area contributed by atoms with Crippen molar-refractivity contribution in [3.63, 3.8) is 0 Å². The van der Waals surface area contributed by atoms with Crippen LogP contribution in [0, 0.1) is 0 Å². The molecule has 2 aromatic carbocycles. The normalized spacial score (nSPS) is 11.1. The zero-order valence-corrected chi connectivity index (χ0v) is 14.4. The van der Waals surface area contributed by atoms with Crippen LogP contribution in [0.2, 0.25) is 0 Å². The standard InChI is InChI=1S/C17H14N2O6S/c1-24-14-9-12(17(20)21)7-8-13(14)19-26(22,23)15-10-25-16(18-15)11-5-3-2-4-6-11/h2-10,19H,1H3,(H,20,21). The van der Waals surface area contributed by atoms with E-state index in [2.05, 4.69) is 9.71 Å². The largest absolute Gasteiger partial charge is 0.495 e. The molecule has 0 aliphatic rings. The van der Waals surface area contributed by atoms with Gasteiger partial charge in [0, 0.05) is 5.56 Å². The summed E-state index contributed by atoms with van der Waals surface area (Å²) in [7, 11) is -2.74. The number of aromatic nitrogens is 1. The first-order valence-electron chi connectivity index (χ1n) is 7.36. The third-order valence-corrected chi connectivity index (χ3v) is 4.70. The van der Waals surface area contributed by atoms with E-state index in [1.165, 1.54) is 25.3 Å². The molecule has 1 heterocycles. The maximum atomic E-state index is 12.5. The SMILES string of the molecule is COc1cc(C(=O)O)ccc1NS(=O)(=O)c1coc(-c2ccccc2)n1. The van der Waals surface area contributed by atoms with E-state index in [4.69, 9.17) is 14.3 Å². The van der Waals surface area contributed by atoms with Crippen molar-refractivity contribution in [3.05, 3.63) is 60.4 Å². The van der Waals surface area contributed by atoms with E-state index in [0.29, 0.717) is 5.56 Å². The highest BCUT2D eigenvalue weighted by Gasteiger charge is 2.22. The summed E-state index contributed by atoms with van der Waals surface area (Å²) in [6, 6.07) is 12.6. The molecule has 0 saturated carbocycles. The van der Waals surface area contributed by atoms with Crippen molar-refractivity contribution in [2.75, 3.05) is 11.8 Å². The minimum Gasteiger partial charge on any atom is -0.495 e. The van der Waals surface area contributed by atoms with E-state index in [9.17, 15) is 13.2 Å². The maximum absolute atomic E-state index is 12.5. The first kappa shape index (κ1) is 17.5. The number of benzene rings is 2. The molecule has 9 heteroatoms. The second-order valence-electron chi connectivity index (χ2n) is 5.18. The minimum atomic E-state index is -4.05. The quantitative estimate of drug-likeness (QED) is 0.681. The second kappa shape index (κ2) is 6.89. The number of sulfonamides is 1. The van der Waals surface area contributed by atoms with Crippen LogP contribution in [0.25, 0.3) is 11.5 Å². The number of aromatic carboxylic acids is 1. The number of anilines is 1. The first-order valence-corrected chi connectivity index (χ1v) is 8.84. The lowest BCUT2D eigenvalue weighted by atomic mass is 10.2. The molecule has 3 aromatic rings. The molecule has 0 atom stereocenters. The van der Waals surface area contributed by atoms with Crippen LogP contribution < -0.4 is 9.46 Å². The number of rotatable bonds is 6. The van der Waals surface area contributed by atoms with Crippen molar-refractivity contribution >= 4 is 21.7 Å². The molecular weight excluding hydrogens is 360 g/mol. The fourth-order valence-corrected chi connectivity index (χ4v) is 3.14. The summed E-state index contributed by atoms with van der Waals surface area (Å²) in [4.78, 5) is 15.0. The molecule has 0 amide bonds. The average Bonchev–Trinajstić information content (AvgIpc) is 3.13. The Bertz CT molecular complexity index is 1040. The Morgan fingerprint density at radius 2 is 1.92 bits per heavy atom. The van der Waals surface area contributed by atoms with Gasteiger partial charge in [0.05, 0.1) is 18.4 Å². The van der Waals surface area contributed by atoms with Gasteiger partial charge in [-0.25, -0.2) is 4.79 Å². The molecule has 26 heavy (non-hydrogen) atoms. The maximum Gasteiger partial charge on any atom is 0.335 e. The zero-order valence-electron chi connectivity index (χ0n) is 13.5. The number of nitrogens with zero attached hydrogens (tertiary/aromatic N) is 1. The summed E-state index contributed by atoms with van der Waals surface area (Å²) in [5.74, 6) is -0.916. The number of carbonyl (C=O) groups is 1. The summed E-state index contributed by atoms with van der Waals surface area (Å²) in [6.07, 6.45) is 1.03. The molecule has 0 bridgehead atoms. The molecule has 3 rings (SSSR count). The van der Waals surface area contributed by atoms with E-state index in [-0.39, 0.29) is 27.9 Å². The van der Waals surface area contributed by atoms with Gasteiger partial charge in [-0.1, -0.05) is 18.2 Å². The number of methoxy groups -OCH3 is 1. The van der Waals surface area contributed by atoms with Crippen molar-refractivity contribution < 1.29 is 27.5 Å². The summed E-state index contributed by atoms with van der Waals surface area (Å²) >= 11 is 0. The Balaban J connectivity index is 1.90. The third-order valence-electron chi connectivity index (χ3n) is 3.47. The Hall–Kier alpha value is -3.33. The van der Waals surface area contributed by atoms with Gasteiger partial charge in [0.15, 0.2) is 0 Å². The lowest BCUT2D eigenvalue weighted by Crippen LogP contribution is -2.14. The van der Waals surface area contributed by atoms with Gasteiger partial charge in [0.25, 0.3) is 10.0 Å². The van der Waals surface area contributed by atoms with Crippen molar-refractivity contribution in [1.82, 2.24) is 4.98 Å². The van der Waals surface area contributed by atoms with Gasteiger partial charge < -0.3 is 14.3 Å². The molecule has 2 N–H and O–H groups in total. The highest BCUT2D eigenvalue weighted by atomic mass is 32.2. The predicted molar refractivity (Wildman–Crippen MR) is 92.7 cm³/mol. The number of carboxylic acids is 1. The zero-order chi connectivity index (χ0) is 18.7. The summed E-state index contributed by atoms with van der Waals surface area (Å²) in [6.45, 7) is 0. The van der Waals surface area contributed by atoms with Gasteiger partial charge in [0.1, 0.15) is 12.0 Å². The van der Waals surface area contributed by atoms with Crippen LogP contribution in [0.3, 0.4) is 0 Å². The molecular formula is C17H14N2O6S. The number of ether oxygens (including phenoxy) is 1. The van der Waals surface area contributed by atoms with Crippen molar-refractivity contribution in [1.29, 1.82) is 0 Å². The lowest BCUT2D eigenvalue weighted by molar-refractivity contribution is 0.0696. The first-order chi connectivity index (χ1) is 12.4. The molecule has 0 aliphatic carbocycles. The molecule has 8 nitrogen and oxygen atoms in total. The molecule has 134 valence electrons. The van der Waals surface area contributed by atoms with Gasteiger partial charge in [-0.15, -0.1) is 0 Å². The van der Waals surface area contributed by atoms with Crippen LogP contribution in [0.4, 0.5) is 5.69 Å². The Morgan fingerprint density at radius 3 is 2.58 bits per heavy atom. The fraction of sp³-hybridized carbons (Fsp3) is 0.0588. The van der Waals surface area contributed by atoms with Crippen LogP contribution in [0.5, 0.6) is 5.75 Å². The smallest absolute Gasteiger partial charge is 0.335 e. The number of nitrogens with one attached hydrogen (secondary N) is 1. The minimum absolute atomic E-state index is 0.0300. The second-order valence-corrected chi connectivity index (χ2v) is 6.81. The Labute approximate surface area is 149 Å². The van der Waals surface area contributed by atoms with Crippen LogP contribution in [-0.4, -0.2) is 31.6 Å². The van der Waals surface area contributed by atoms with E-state index >= 15 is 0 Å². The van der Waals surface area contributed by atoms with Crippen molar-refractivity contribution in [2.24, 2.45) is 0 Å². The van der Waals surface area contributed by atoms with Crippen LogP contribution in [0.1, 0.15) is 10.4 Å². The van der Waals surface area contributed by atoms with Crippen LogP contribution in [0.15, 0.2) is 64.2 Å². The molecule has 0 spiro atoms. The third kappa shape index (κ3) is 3.52. The van der Waals surface area contributed by atoms with E-state index < -0.39 is 16.0 Å². The van der Waals surface area contributed by atoms with Gasteiger partial charge in [-0.3, -0.25) is 4.72 Å².